The lowest BCUT2D eigenvalue weighted by molar-refractivity contribution is -0.384. The number of nitrogens with one attached hydrogen (secondary N) is 1. The fraction of sp³-hybridized carbons (Fsp3) is 0.0526. The zero-order valence-electron chi connectivity index (χ0n) is 14.8. The molecule has 0 aliphatic heterocycles. The zero-order valence-corrected chi connectivity index (χ0v) is 15.6. The van der Waals surface area contributed by atoms with E-state index in [-0.39, 0.29) is 12.2 Å². The van der Waals surface area contributed by atoms with Gasteiger partial charge in [-0.1, -0.05) is 35.6 Å². The summed E-state index contributed by atoms with van der Waals surface area (Å²) in [4.78, 5) is 39.2. The highest BCUT2D eigenvalue weighted by molar-refractivity contribution is 7.22. The minimum Gasteiger partial charge on any atom is -0.300 e. The predicted octanol–water partition coefficient (Wildman–Crippen LogP) is 3.07. The topological polar surface area (TPSA) is 120 Å². The van der Waals surface area contributed by atoms with Crippen LogP contribution in [0.2, 0.25) is 0 Å². The number of non-ortho nitro benzene ring substituents is 1. The molecule has 0 radical (unpaired) electrons. The van der Waals surface area contributed by atoms with Crippen LogP contribution in [0.25, 0.3) is 21.5 Å². The van der Waals surface area contributed by atoms with Crippen LogP contribution in [0, 0.1) is 10.1 Å². The Morgan fingerprint density at radius 1 is 1.14 bits per heavy atom. The van der Waals surface area contributed by atoms with Gasteiger partial charge in [0.2, 0.25) is 5.91 Å². The van der Waals surface area contributed by atoms with Gasteiger partial charge in [-0.15, -0.1) is 0 Å². The Labute approximate surface area is 167 Å². The largest absolute Gasteiger partial charge is 0.300 e. The number of aromatic nitrogens is 3. The molecule has 4 aromatic rings. The molecule has 0 aliphatic carbocycles. The molecule has 0 saturated carbocycles. The van der Waals surface area contributed by atoms with Crippen LogP contribution >= 0.6 is 11.3 Å². The number of hydrogen-bond donors (Lipinski definition) is 1. The number of amides is 1. The monoisotopic (exact) mass is 407 g/mol. The number of thiazole rings is 1. The standard InChI is InChI=1S/C19H13N5O4S/c25-17(21-19-20-15-6-1-2-7-16(15)29-19)11-23-18(26)9-8-14(22-23)12-4-3-5-13(10-12)24(27)28/h1-10H,11H2,(H,20,21,25). The van der Waals surface area contributed by atoms with E-state index >= 15 is 0 Å². The second-order valence-electron chi connectivity index (χ2n) is 6.06. The molecule has 0 aliphatic rings. The summed E-state index contributed by atoms with van der Waals surface area (Å²) in [6, 6.07) is 16.1. The van der Waals surface area contributed by atoms with Crippen molar-refractivity contribution in [3.05, 3.63) is 81.1 Å². The van der Waals surface area contributed by atoms with E-state index in [0.717, 1.165) is 14.9 Å². The summed E-state index contributed by atoms with van der Waals surface area (Å²) in [5.74, 6) is -0.449. The molecule has 1 amide bonds. The van der Waals surface area contributed by atoms with E-state index in [4.69, 9.17) is 0 Å². The number of nitrogens with zero attached hydrogens (tertiary/aromatic N) is 4. The Bertz CT molecular complexity index is 1260. The van der Waals surface area contributed by atoms with Gasteiger partial charge in [-0.3, -0.25) is 19.7 Å². The van der Waals surface area contributed by atoms with Crippen LogP contribution < -0.4 is 10.9 Å². The van der Waals surface area contributed by atoms with Crippen molar-refractivity contribution < 1.29 is 9.72 Å². The van der Waals surface area contributed by atoms with Gasteiger partial charge >= 0.3 is 0 Å². The summed E-state index contributed by atoms with van der Waals surface area (Å²) in [6.07, 6.45) is 0. The molecule has 2 aromatic carbocycles. The zero-order chi connectivity index (χ0) is 20.4. The van der Waals surface area contributed by atoms with Crippen molar-refractivity contribution in [1.29, 1.82) is 0 Å². The highest BCUT2D eigenvalue weighted by Gasteiger charge is 2.12. The van der Waals surface area contributed by atoms with Gasteiger partial charge in [0.05, 0.1) is 20.8 Å². The summed E-state index contributed by atoms with van der Waals surface area (Å²) in [5.41, 5.74) is 1.05. The molecule has 9 nitrogen and oxygen atoms in total. The molecule has 29 heavy (non-hydrogen) atoms. The minimum absolute atomic E-state index is 0.0874. The van der Waals surface area contributed by atoms with Crippen LogP contribution in [0.5, 0.6) is 0 Å². The first-order valence-electron chi connectivity index (χ1n) is 8.48. The maximum atomic E-state index is 12.4. The van der Waals surface area contributed by atoms with Crippen LogP contribution in [-0.4, -0.2) is 25.6 Å². The van der Waals surface area contributed by atoms with E-state index in [0.29, 0.717) is 16.4 Å². The summed E-state index contributed by atoms with van der Waals surface area (Å²) in [7, 11) is 0. The number of carbonyl (C=O) groups is 1. The van der Waals surface area contributed by atoms with Gasteiger partial charge in [0.25, 0.3) is 11.2 Å². The Morgan fingerprint density at radius 2 is 1.97 bits per heavy atom. The van der Waals surface area contributed by atoms with Crippen molar-refractivity contribution >= 4 is 38.3 Å². The summed E-state index contributed by atoms with van der Waals surface area (Å²) >= 11 is 1.33. The number of nitro groups is 1. The minimum atomic E-state index is -0.509. The van der Waals surface area contributed by atoms with Crippen molar-refractivity contribution in [2.45, 2.75) is 6.54 Å². The van der Waals surface area contributed by atoms with Gasteiger partial charge in [-0.2, -0.15) is 5.10 Å². The van der Waals surface area contributed by atoms with Gasteiger partial charge in [-0.25, -0.2) is 9.67 Å². The van der Waals surface area contributed by atoms with Gasteiger partial charge < -0.3 is 5.32 Å². The van der Waals surface area contributed by atoms with Crippen LogP contribution in [0.3, 0.4) is 0 Å². The molecule has 144 valence electrons. The second kappa shape index (κ2) is 7.60. The average Bonchev–Trinajstić information content (AvgIpc) is 3.11. The van der Waals surface area contributed by atoms with Gasteiger partial charge in [0, 0.05) is 23.8 Å². The van der Waals surface area contributed by atoms with E-state index in [2.05, 4.69) is 15.4 Å². The summed E-state index contributed by atoms with van der Waals surface area (Å²) in [5, 5.41) is 18.2. The quantitative estimate of drug-likeness (QED) is 0.401. The number of hydrogen-bond acceptors (Lipinski definition) is 7. The predicted molar refractivity (Wildman–Crippen MR) is 109 cm³/mol. The fourth-order valence-corrected chi connectivity index (χ4v) is 3.60. The molecule has 0 spiro atoms. The van der Waals surface area contributed by atoms with Gasteiger partial charge in [-0.05, 0) is 18.2 Å². The Hall–Kier alpha value is -3.92. The molecular formula is C19H13N5O4S. The number of nitro benzene ring substituents is 1. The first kappa shape index (κ1) is 18.4. The first-order valence-corrected chi connectivity index (χ1v) is 9.30. The number of para-hydroxylation sites is 1. The number of benzene rings is 2. The molecule has 10 heteroatoms. The Balaban J connectivity index is 1.56. The lowest BCUT2D eigenvalue weighted by atomic mass is 10.1. The van der Waals surface area contributed by atoms with Gasteiger partial charge in [0.1, 0.15) is 6.54 Å². The van der Waals surface area contributed by atoms with Crippen LogP contribution in [-0.2, 0) is 11.3 Å². The molecule has 2 aromatic heterocycles. The van der Waals surface area contributed by atoms with Crippen molar-refractivity contribution in [2.24, 2.45) is 0 Å². The lowest BCUT2D eigenvalue weighted by Crippen LogP contribution is -2.29. The molecule has 0 unspecified atom stereocenters. The third-order valence-electron chi connectivity index (χ3n) is 4.05. The van der Waals surface area contributed by atoms with E-state index in [1.54, 1.807) is 6.07 Å². The van der Waals surface area contributed by atoms with Crippen molar-refractivity contribution in [1.82, 2.24) is 14.8 Å². The highest BCUT2D eigenvalue weighted by atomic mass is 32.1. The average molecular weight is 407 g/mol. The number of carbonyl (C=O) groups excluding carboxylic acids is 1. The molecular weight excluding hydrogens is 394 g/mol. The molecule has 2 heterocycles. The summed E-state index contributed by atoms with van der Waals surface area (Å²) in [6.45, 7) is -0.308. The fourth-order valence-electron chi connectivity index (χ4n) is 2.72. The first-order chi connectivity index (χ1) is 14.0. The molecule has 0 fully saturated rings. The van der Waals surface area contributed by atoms with E-state index < -0.39 is 16.4 Å². The Morgan fingerprint density at radius 3 is 2.76 bits per heavy atom. The van der Waals surface area contributed by atoms with E-state index in [1.807, 2.05) is 24.3 Å². The van der Waals surface area contributed by atoms with Crippen LogP contribution in [0.4, 0.5) is 10.8 Å². The third-order valence-corrected chi connectivity index (χ3v) is 5.00. The Kier molecular flexibility index (Phi) is 4.83. The molecule has 0 bridgehead atoms. The normalized spacial score (nSPS) is 10.8. The number of rotatable bonds is 5. The highest BCUT2D eigenvalue weighted by Crippen LogP contribution is 2.25. The van der Waals surface area contributed by atoms with Crippen molar-refractivity contribution in [3.63, 3.8) is 0 Å². The lowest BCUT2D eigenvalue weighted by Gasteiger charge is -2.07. The second-order valence-corrected chi connectivity index (χ2v) is 7.09. The SMILES string of the molecule is O=C(Cn1nc(-c2cccc([N+](=O)[O-])c2)ccc1=O)Nc1nc2ccccc2s1. The van der Waals surface area contributed by atoms with Gasteiger partial charge in [0.15, 0.2) is 5.13 Å². The van der Waals surface area contributed by atoms with Crippen molar-refractivity contribution in [2.75, 3.05) is 5.32 Å². The maximum Gasteiger partial charge on any atom is 0.270 e. The summed E-state index contributed by atoms with van der Waals surface area (Å²) < 4.78 is 1.95. The number of anilines is 1. The van der Waals surface area contributed by atoms with E-state index in [1.165, 1.54) is 41.7 Å². The number of fused-ring (bicyclic) bond motifs is 1. The molecule has 1 N–H and O–H groups in total. The van der Waals surface area contributed by atoms with Crippen LogP contribution in [0.1, 0.15) is 0 Å². The molecule has 0 atom stereocenters. The van der Waals surface area contributed by atoms with E-state index in [9.17, 15) is 19.7 Å². The smallest absolute Gasteiger partial charge is 0.270 e. The maximum absolute atomic E-state index is 12.4. The van der Waals surface area contributed by atoms with Crippen molar-refractivity contribution in [3.8, 4) is 11.3 Å². The molecule has 0 saturated heterocycles. The molecule has 4 rings (SSSR count). The third kappa shape index (κ3) is 4.01. The van der Waals surface area contributed by atoms with Crippen LogP contribution in [0.15, 0.2) is 65.5 Å².